The standard InChI is InChI=1S/C17H19N.Y.H2/c1-13(2)14-7-10-16(18-12-14)6-5-11-17(3,4)15-8-9-15;;/h8-10,12-13H,11H2,1-4H3;;1H/q-1;;. The molecule has 0 aliphatic heterocycles. The second-order valence-corrected chi connectivity index (χ2v) is 5.69. The Kier molecular flexibility index (Phi) is 5.96. The first kappa shape index (κ1) is 16.6. The summed E-state index contributed by atoms with van der Waals surface area (Å²) in [7, 11) is 0. The fraction of sp³-hybridized carbons (Fsp3) is 0.412. The predicted molar refractivity (Wildman–Crippen MR) is 76.9 cm³/mol. The fourth-order valence-electron chi connectivity index (χ4n) is 1.70. The van der Waals surface area contributed by atoms with Gasteiger partial charge in [-0.3, -0.25) is 0 Å². The molecule has 1 aromatic heterocycles. The van der Waals surface area contributed by atoms with Crippen LogP contribution in [0.4, 0.5) is 0 Å². The number of hydrogen-bond acceptors (Lipinski definition) is 1. The van der Waals surface area contributed by atoms with Gasteiger partial charge in [-0.1, -0.05) is 45.5 Å². The smallest absolute Gasteiger partial charge is 0.0171 e. The molecular weight excluding hydrogens is 307 g/mol. The van der Waals surface area contributed by atoms with E-state index in [-0.39, 0.29) is 39.6 Å². The van der Waals surface area contributed by atoms with Crippen molar-refractivity contribution in [3.8, 4) is 11.8 Å². The van der Waals surface area contributed by atoms with Crippen LogP contribution >= 0.6 is 0 Å². The Hall–Kier alpha value is -0.446. The Morgan fingerprint density at radius 3 is 2.58 bits per heavy atom. The predicted octanol–water partition coefficient (Wildman–Crippen LogP) is 4.16. The quantitative estimate of drug-likeness (QED) is 0.600. The van der Waals surface area contributed by atoms with Crippen LogP contribution < -0.4 is 0 Å². The summed E-state index contributed by atoms with van der Waals surface area (Å²) in [6, 6.07) is 5.12. The van der Waals surface area contributed by atoms with Crippen molar-refractivity contribution in [1.82, 2.24) is 4.98 Å². The Labute approximate surface area is 143 Å². The molecule has 0 saturated heterocycles. The summed E-state index contributed by atoms with van der Waals surface area (Å²) >= 11 is 0. The van der Waals surface area contributed by atoms with E-state index in [4.69, 9.17) is 0 Å². The fourth-order valence-corrected chi connectivity index (χ4v) is 1.70. The molecule has 98 valence electrons. The minimum Gasteiger partial charge on any atom is -0.375 e. The van der Waals surface area contributed by atoms with E-state index in [0.717, 1.165) is 17.7 Å². The molecule has 1 heterocycles. The third-order valence-electron chi connectivity index (χ3n) is 3.20. The van der Waals surface area contributed by atoms with Gasteiger partial charge in [-0.15, -0.1) is 23.5 Å². The molecule has 2 rings (SSSR count). The van der Waals surface area contributed by atoms with Crippen LogP contribution in [0.15, 0.2) is 23.9 Å². The molecule has 1 aliphatic carbocycles. The Balaban J connectivity index is 0.00000180. The molecular formula is C17H21NY-. The minimum absolute atomic E-state index is 0. The van der Waals surface area contributed by atoms with Crippen molar-refractivity contribution in [2.45, 2.75) is 40.0 Å². The van der Waals surface area contributed by atoms with E-state index in [1.165, 1.54) is 5.57 Å². The summed E-state index contributed by atoms with van der Waals surface area (Å²) in [5.41, 5.74) is 3.53. The monoisotopic (exact) mass is 328 g/mol. The third-order valence-corrected chi connectivity index (χ3v) is 3.20. The van der Waals surface area contributed by atoms with E-state index in [1.807, 2.05) is 12.3 Å². The Morgan fingerprint density at radius 2 is 2.11 bits per heavy atom. The van der Waals surface area contributed by atoms with Crippen LogP contribution in [0.1, 0.15) is 52.7 Å². The number of rotatable bonds is 3. The minimum atomic E-state index is 0. The van der Waals surface area contributed by atoms with Crippen molar-refractivity contribution in [3.05, 3.63) is 47.7 Å². The Bertz CT molecular complexity index is 518. The number of aromatic nitrogens is 1. The average molecular weight is 328 g/mol. The Morgan fingerprint density at radius 1 is 1.42 bits per heavy atom. The van der Waals surface area contributed by atoms with Crippen molar-refractivity contribution < 1.29 is 34.1 Å². The molecule has 1 aromatic rings. The van der Waals surface area contributed by atoms with Crippen molar-refractivity contribution in [2.75, 3.05) is 0 Å². The second-order valence-electron chi connectivity index (χ2n) is 5.69. The van der Waals surface area contributed by atoms with Crippen LogP contribution in [0, 0.1) is 29.7 Å². The van der Waals surface area contributed by atoms with Crippen molar-refractivity contribution in [1.29, 1.82) is 0 Å². The first-order valence-electron chi connectivity index (χ1n) is 6.41. The number of pyridine rings is 1. The van der Waals surface area contributed by atoms with Crippen LogP contribution in [0.2, 0.25) is 0 Å². The summed E-state index contributed by atoms with van der Waals surface area (Å²) in [5.74, 6) is 6.80. The van der Waals surface area contributed by atoms with Gasteiger partial charge in [0.05, 0.1) is 0 Å². The maximum Gasteiger partial charge on any atom is 0.0171 e. The molecule has 0 unspecified atom stereocenters. The molecule has 0 fully saturated rings. The average Bonchev–Trinajstić information content (AvgIpc) is 3.13. The summed E-state index contributed by atoms with van der Waals surface area (Å²) in [4.78, 5) is 4.35. The van der Waals surface area contributed by atoms with Gasteiger partial charge in [0.1, 0.15) is 0 Å². The van der Waals surface area contributed by atoms with Gasteiger partial charge in [0.2, 0.25) is 0 Å². The summed E-state index contributed by atoms with van der Waals surface area (Å²) in [5, 5.41) is 0. The van der Waals surface area contributed by atoms with E-state index in [0.29, 0.717) is 5.92 Å². The van der Waals surface area contributed by atoms with E-state index < -0.39 is 0 Å². The zero-order valence-corrected chi connectivity index (χ0v) is 15.0. The third kappa shape index (κ3) is 4.86. The van der Waals surface area contributed by atoms with Crippen molar-refractivity contribution in [3.63, 3.8) is 0 Å². The molecule has 2 heteroatoms. The normalized spacial score (nSPS) is 13.2. The first-order chi connectivity index (χ1) is 8.49. The van der Waals surface area contributed by atoms with Crippen LogP contribution in [0.25, 0.3) is 0 Å². The van der Waals surface area contributed by atoms with Gasteiger partial charge in [-0.2, -0.15) is 6.07 Å². The number of allylic oxidation sites excluding steroid dienone is 2. The summed E-state index contributed by atoms with van der Waals surface area (Å²) in [6.45, 7) is 8.72. The van der Waals surface area contributed by atoms with Crippen molar-refractivity contribution >= 4 is 0 Å². The van der Waals surface area contributed by atoms with E-state index in [1.54, 1.807) is 0 Å². The van der Waals surface area contributed by atoms with Crippen molar-refractivity contribution in [2.24, 2.45) is 5.41 Å². The maximum atomic E-state index is 4.35. The van der Waals surface area contributed by atoms with Crippen LogP contribution in [0.3, 0.4) is 0 Å². The molecule has 0 amide bonds. The van der Waals surface area contributed by atoms with E-state index in [9.17, 15) is 0 Å². The number of hydrogen-bond donors (Lipinski definition) is 0. The molecule has 1 aliphatic rings. The second kappa shape index (κ2) is 6.82. The molecule has 19 heavy (non-hydrogen) atoms. The van der Waals surface area contributed by atoms with Gasteiger partial charge in [0.15, 0.2) is 0 Å². The first-order valence-corrected chi connectivity index (χ1v) is 6.41. The summed E-state index contributed by atoms with van der Waals surface area (Å²) in [6.07, 6.45) is 7.05. The van der Waals surface area contributed by atoms with Gasteiger partial charge in [0.25, 0.3) is 0 Å². The molecule has 0 aromatic carbocycles. The summed E-state index contributed by atoms with van der Waals surface area (Å²) < 4.78 is 0. The SMILES string of the molecule is CC(C)c1[c-]cc(C#CCC(C)(C)C2=C[CH]2)nc1.[HH].[Y]. The van der Waals surface area contributed by atoms with Gasteiger partial charge in [-0.05, 0) is 17.0 Å². The maximum absolute atomic E-state index is 4.35. The molecule has 0 spiro atoms. The topological polar surface area (TPSA) is 12.9 Å². The molecule has 1 nitrogen and oxygen atoms in total. The zero-order valence-electron chi connectivity index (χ0n) is 12.1. The van der Waals surface area contributed by atoms with Gasteiger partial charge in [0, 0.05) is 47.0 Å². The van der Waals surface area contributed by atoms with Gasteiger partial charge in [-0.25, -0.2) is 0 Å². The van der Waals surface area contributed by atoms with Gasteiger partial charge < -0.3 is 4.98 Å². The molecule has 0 saturated carbocycles. The molecule has 0 N–H and O–H groups in total. The van der Waals surface area contributed by atoms with E-state index in [2.05, 4.69) is 63.1 Å². The zero-order chi connectivity index (χ0) is 13.2. The van der Waals surface area contributed by atoms with E-state index >= 15 is 0 Å². The molecule has 2 radical (unpaired) electrons. The van der Waals surface area contributed by atoms with Crippen LogP contribution in [-0.2, 0) is 32.7 Å². The van der Waals surface area contributed by atoms with Crippen LogP contribution in [-0.4, -0.2) is 4.98 Å². The molecule has 0 atom stereocenters. The van der Waals surface area contributed by atoms with Crippen LogP contribution in [0.5, 0.6) is 0 Å². The largest absolute Gasteiger partial charge is 0.375 e. The van der Waals surface area contributed by atoms with Gasteiger partial charge >= 0.3 is 0 Å². The number of nitrogens with zero attached hydrogens (tertiary/aromatic N) is 1. The molecule has 0 bridgehead atoms.